The van der Waals surface area contributed by atoms with E-state index in [4.69, 9.17) is 14.5 Å². The number of carbonyl (C=O) groups excluding carboxylic acids is 4. The van der Waals surface area contributed by atoms with Crippen LogP contribution < -0.4 is 10.6 Å². The molecule has 0 radical (unpaired) electrons. The zero-order valence-corrected chi connectivity index (χ0v) is 33.8. The Hall–Kier alpha value is -5.77. The molecule has 0 saturated carbocycles. The molecule has 0 bridgehead atoms. The van der Waals surface area contributed by atoms with Crippen molar-refractivity contribution in [3.05, 3.63) is 66.5 Å². The van der Waals surface area contributed by atoms with E-state index in [-0.39, 0.29) is 35.7 Å². The lowest BCUT2D eigenvalue weighted by molar-refractivity contribution is -0.136. The average molecular weight is 796 g/mol. The number of benzene rings is 2. The molecule has 16 heteroatoms. The molecule has 3 unspecified atom stereocenters. The molecular formula is C41H49N9O6S. The molecule has 2 aliphatic heterocycles. The van der Waals surface area contributed by atoms with Crippen LogP contribution >= 0.6 is 11.3 Å². The Kier molecular flexibility index (Phi) is 11.6. The summed E-state index contributed by atoms with van der Waals surface area (Å²) in [4.78, 5) is 75.8. The van der Waals surface area contributed by atoms with Gasteiger partial charge in [0.25, 0.3) is 0 Å². The number of nitrogens with one attached hydrogen (secondary N) is 4. The third kappa shape index (κ3) is 8.22. The summed E-state index contributed by atoms with van der Waals surface area (Å²) >= 11 is 1.57. The van der Waals surface area contributed by atoms with Crippen molar-refractivity contribution in [3.63, 3.8) is 0 Å². The predicted molar refractivity (Wildman–Crippen MR) is 216 cm³/mol. The zero-order valence-electron chi connectivity index (χ0n) is 33.0. The molecule has 2 saturated heterocycles. The van der Waals surface area contributed by atoms with Crippen LogP contribution in [0.15, 0.2) is 54.9 Å². The normalized spacial score (nSPS) is 18.0. The number of alkyl carbamates (subject to hydrolysis) is 2. The SMILES string of the molecule is COC(=O)NC(C(=O)N1CCCC1c1ncc(-c2nc3ccc(-c4ccc(-c5cnc([C@@H]6CCCN6C(=O)C(NC(=O)OC)C(C)C)[nH]5)cc4)cc3s2)[nH]1)C(C)C. The Balaban J connectivity index is 1.03. The molecule has 300 valence electrons. The van der Waals surface area contributed by atoms with Crippen molar-refractivity contribution in [2.75, 3.05) is 27.3 Å². The molecule has 4 N–H and O–H groups in total. The number of likely N-dealkylation sites (tertiary alicyclic amines) is 2. The summed E-state index contributed by atoms with van der Waals surface area (Å²) in [5, 5.41) is 6.19. The molecule has 4 atom stereocenters. The highest BCUT2D eigenvalue weighted by atomic mass is 32.1. The van der Waals surface area contributed by atoms with Crippen LogP contribution in [0.25, 0.3) is 43.3 Å². The van der Waals surface area contributed by atoms with E-state index in [0.29, 0.717) is 18.9 Å². The highest BCUT2D eigenvalue weighted by molar-refractivity contribution is 7.21. The van der Waals surface area contributed by atoms with Gasteiger partial charge in [-0.15, -0.1) is 11.3 Å². The monoisotopic (exact) mass is 795 g/mol. The Morgan fingerprint density at radius 1 is 0.719 bits per heavy atom. The van der Waals surface area contributed by atoms with Crippen molar-refractivity contribution in [2.45, 2.75) is 77.5 Å². The first-order valence-corrected chi connectivity index (χ1v) is 20.2. The van der Waals surface area contributed by atoms with E-state index in [1.165, 1.54) is 14.2 Å². The van der Waals surface area contributed by atoms with Crippen molar-refractivity contribution in [1.82, 2.24) is 45.4 Å². The number of H-pyrrole nitrogens is 2. The number of ether oxygens (including phenoxy) is 2. The van der Waals surface area contributed by atoms with Crippen LogP contribution in [0.5, 0.6) is 0 Å². The van der Waals surface area contributed by atoms with Gasteiger partial charge in [0.1, 0.15) is 28.7 Å². The summed E-state index contributed by atoms with van der Waals surface area (Å²) in [7, 11) is 2.58. The molecule has 2 aliphatic rings. The minimum Gasteiger partial charge on any atom is -0.453 e. The second kappa shape index (κ2) is 16.8. The lowest BCUT2D eigenvalue weighted by Gasteiger charge is -2.30. The minimum atomic E-state index is -0.699. The van der Waals surface area contributed by atoms with Crippen LogP contribution in [0.4, 0.5) is 9.59 Å². The van der Waals surface area contributed by atoms with E-state index in [9.17, 15) is 19.2 Å². The van der Waals surface area contributed by atoms with Crippen LogP contribution in [0.2, 0.25) is 0 Å². The van der Waals surface area contributed by atoms with Gasteiger partial charge in [0.2, 0.25) is 11.8 Å². The van der Waals surface area contributed by atoms with Gasteiger partial charge in [0.15, 0.2) is 0 Å². The molecule has 7 rings (SSSR count). The molecule has 3 aromatic heterocycles. The van der Waals surface area contributed by atoms with E-state index in [1.807, 2.05) is 33.8 Å². The number of nitrogens with zero attached hydrogens (tertiary/aromatic N) is 5. The Morgan fingerprint density at radius 3 is 1.74 bits per heavy atom. The van der Waals surface area contributed by atoms with E-state index < -0.39 is 24.3 Å². The van der Waals surface area contributed by atoms with Crippen molar-refractivity contribution >= 4 is 45.6 Å². The number of rotatable bonds is 11. The summed E-state index contributed by atoms with van der Waals surface area (Å²) in [6.45, 7) is 8.77. The number of aromatic amines is 2. The molecule has 5 heterocycles. The highest BCUT2D eigenvalue weighted by Crippen LogP contribution is 2.37. The van der Waals surface area contributed by atoms with Gasteiger partial charge in [-0.2, -0.15) is 0 Å². The van der Waals surface area contributed by atoms with Gasteiger partial charge < -0.3 is 39.9 Å². The number of hydrogen-bond acceptors (Lipinski definition) is 10. The third-order valence-electron chi connectivity index (χ3n) is 10.8. The molecular weight excluding hydrogens is 747 g/mol. The Morgan fingerprint density at radius 2 is 1.21 bits per heavy atom. The number of amides is 4. The lowest BCUT2D eigenvalue weighted by atomic mass is 10.0. The topological polar surface area (TPSA) is 188 Å². The number of fused-ring (bicyclic) bond motifs is 1. The van der Waals surface area contributed by atoms with Gasteiger partial charge in [-0.05, 0) is 66.3 Å². The first kappa shape index (κ1) is 39.5. The summed E-state index contributed by atoms with van der Waals surface area (Å²) in [6.07, 6.45) is 5.54. The fourth-order valence-electron chi connectivity index (χ4n) is 7.71. The zero-order chi connectivity index (χ0) is 40.4. The molecule has 0 spiro atoms. The van der Waals surface area contributed by atoms with E-state index in [0.717, 1.165) is 74.8 Å². The largest absolute Gasteiger partial charge is 0.453 e. The first-order valence-electron chi connectivity index (χ1n) is 19.4. The van der Waals surface area contributed by atoms with Crippen LogP contribution in [0, 0.1) is 11.8 Å². The summed E-state index contributed by atoms with van der Waals surface area (Å²) in [5.41, 5.74) is 5.60. The van der Waals surface area contributed by atoms with Gasteiger partial charge in [0.05, 0.1) is 60.3 Å². The second-order valence-corrected chi connectivity index (χ2v) is 16.3. The standard InChI is InChI=1S/C41H49N9O6S/c1-22(2)33(47-40(53)55-5)38(51)49-17-7-9-30(49)35-42-20-28(44-35)25-13-11-24(12-14-25)26-15-16-27-32(19-26)57-37(46-27)29-21-43-36(45-29)31-10-8-18-50(31)39(52)34(23(3)4)48-41(54)56-6/h11-16,19-23,30-31,33-34H,7-10,17-18H2,1-6H3,(H,42,44)(H,43,45)(H,47,53)(H,48,54)/t30-,31?,33?,34?/m0/s1. The molecule has 57 heavy (non-hydrogen) atoms. The van der Waals surface area contributed by atoms with Crippen molar-refractivity contribution < 1.29 is 28.7 Å². The number of imidazole rings is 2. The van der Waals surface area contributed by atoms with Crippen molar-refractivity contribution in [3.8, 4) is 33.1 Å². The number of aromatic nitrogens is 5. The van der Waals surface area contributed by atoms with E-state index in [2.05, 4.69) is 67.0 Å². The molecule has 4 amide bonds. The molecule has 0 aliphatic carbocycles. The number of hydrogen-bond donors (Lipinski definition) is 4. The lowest BCUT2D eigenvalue weighted by Crippen LogP contribution is -2.51. The first-order chi connectivity index (χ1) is 27.4. The maximum absolute atomic E-state index is 13.6. The summed E-state index contributed by atoms with van der Waals surface area (Å²) in [5.74, 6) is 0.902. The van der Waals surface area contributed by atoms with Gasteiger partial charge in [-0.3, -0.25) is 9.59 Å². The van der Waals surface area contributed by atoms with Crippen LogP contribution in [0.1, 0.15) is 77.1 Å². The third-order valence-corrected chi connectivity index (χ3v) is 11.9. The predicted octanol–water partition coefficient (Wildman–Crippen LogP) is 6.83. The van der Waals surface area contributed by atoms with Crippen molar-refractivity contribution in [2.24, 2.45) is 11.8 Å². The molecule has 15 nitrogen and oxygen atoms in total. The van der Waals surface area contributed by atoms with Gasteiger partial charge in [0, 0.05) is 13.1 Å². The smallest absolute Gasteiger partial charge is 0.407 e. The molecule has 2 fully saturated rings. The van der Waals surface area contributed by atoms with Crippen LogP contribution in [-0.2, 0) is 19.1 Å². The van der Waals surface area contributed by atoms with Gasteiger partial charge >= 0.3 is 12.2 Å². The molecule has 5 aromatic rings. The number of carbonyl (C=O) groups is 4. The van der Waals surface area contributed by atoms with Gasteiger partial charge in [-0.25, -0.2) is 24.5 Å². The highest BCUT2D eigenvalue weighted by Gasteiger charge is 2.39. The van der Waals surface area contributed by atoms with E-state index >= 15 is 0 Å². The van der Waals surface area contributed by atoms with Crippen LogP contribution in [-0.4, -0.2) is 98.1 Å². The Bertz CT molecular complexity index is 2250. The maximum atomic E-state index is 13.6. The van der Waals surface area contributed by atoms with E-state index in [1.54, 1.807) is 33.5 Å². The fourth-order valence-corrected chi connectivity index (χ4v) is 8.68. The number of thiazole rings is 1. The quantitative estimate of drug-likeness (QED) is 0.111. The molecule has 2 aromatic carbocycles. The Labute approximate surface area is 335 Å². The van der Waals surface area contributed by atoms with Crippen LogP contribution in [0.3, 0.4) is 0 Å². The fraction of sp³-hybridized carbons (Fsp3) is 0.439. The summed E-state index contributed by atoms with van der Waals surface area (Å²) in [6, 6.07) is 12.7. The average Bonchev–Trinajstić information content (AvgIpc) is 4.06. The maximum Gasteiger partial charge on any atom is 0.407 e. The van der Waals surface area contributed by atoms with Gasteiger partial charge in [-0.1, -0.05) is 58.0 Å². The minimum absolute atomic E-state index is 0.108. The summed E-state index contributed by atoms with van der Waals surface area (Å²) < 4.78 is 10.6. The number of methoxy groups -OCH3 is 2. The second-order valence-electron chi connectivity index (χ2n) is 15.2. The van der Waals surface area contributed by atoms with Crippen molar-refractivity contribution in [1.29, 1.82) is 0 Å².